The molecule has 0 bridgehead atoms. The lowest BCUT2D eigenvalue weighted by atomic mass is 10.2. The van der Waals surface area contributed by atoms with E-state index in [-0.39, 0.29) is 0 Å². The normalized spacial score (nSPS) is 14.0. The molecule has 0 aromatic heterocycles. The molecule has 0 amide bonds. The van der Waals surface area contributed by atoms with E-state index in [1.54, 1.807) is 0 Å². The maximum absolute atomic E-state index is 3.23. The molecule has 0 aliphatic heterocycles. The van der Waals surface area contributed by atoms with E-state index >= 15 is 0 Å². The van der Waals surface area contributed by atoms with Crippen LogP contribution in [0.15, 0.2) is 35.7 Å². The molecule has 0 aliphatic carbocycles. The Labute approximate surface area is 75.9 Å². The summed E-state index contributed by atoms with van der Waals surface area (Å²) in [6, 6.07) is 0. The highest BCUT2D eigenvalue weighted by Gasteiger charge is 1.85. The molecule has 12 heavy (non-hydrogen) atoms. The predicted octanol–water partition coefficient (Wildman–Crippen LogP) is 3.37. The fourth-order valence-electron chi connectivity index (χ4n) is 0.716. The highest BCUT2D eigenvalue weighted by Crippen LogP contribution is 1.98. The van der Waals surface area contributed by atoms with Gasteiger partial charge in [-0.1, -0.05) is 24.6 Å². The molecule has 0 unspecified atom stereocenters. The second kappa shape index (κ2) is 6.71. The zero-order valence-electron chi connectivity index (χ0n) is 8.52. The fourth-order valence-corrected chi connectivity index (χ4v) is 0.716. The Balaban J connectivity index is 4.06. The molecule has 0 aliphatic rings. The summed E-state index contributed by atoms with van der Waals surface area (Å²) in [5.74, 6) is 0. The lowest BCUT2D eigenvalue weighted by molar-refractivity contribution is 1.01. The van der Waals surface area contributed by atoms with E-state index in [2.05, 4.69) is 37.5 Å². The fraction of sp³-hybridized carbons (Fsp3) is 0.455. The van der Waals surface area contributed by atoms with Gasteiger partial charge < -0.3 is 5.32 Å². The third kappa shape index (κ3) is 4.78. The van der Waals surface area contributed by atoms with Crippen LogP contribution in [-0.2, 0) is 0 Å². The molecule has 0 saturated carbocycles. The number of allylic oxidation sites excluding steroid dienone is 4. The second-order valence-corrected chi connectivity index (χ2v) is 2.73. The summed E-state index contributed by atoms with van der Waals surface area (Å²) in [7, 11) is 0. The van der Waals surface area contributed by atoms with E-state index in [0.717, 1.165) is 12.1 Å². The lowest BCUT2D eigenvalue weighted by Crippen LogP contribution is -2.02. The highest BCUT2D eigenvalue weighted by atomic mass is 14.8. The van der Waals surface area contributed by atoms with Crippen molar-refractivity contribution in [2.24, 2.45) is 0 Å². The van der Waals surface area contributed by atoms with Crippen LogP contribution in [0.25, 0.3) is 0 Å². The second-order valence-electron chi connectivity index (χ2n) is 2.73. The topological polar surface area (TPSA) is 12.0 Å². The molecule has 0 fully saturated rings. The molecule has 1 N–H and O–H groups in total. The molecule has 1 heteroatoms. The van der Waals surface area contributed by atoms with Gasteiger partial charge in [-0.05, 0) is 39.5 Å². The van der Waals surface area contributed by atoms with E-state index < -0.39 is 0 Å². The molecule has 0 saturated heterocycles. The highest BCUT2D eigenvalue weighted by molar-refractivity contribution is 5.18. The summed E-state index contributed by atoms with van der Waals surface area (Å²) in [5.41, 5.74) is 2.50. The Morgan fingerprint density at radius 2 is 2.00 bits per heavy atom. The summed E-state index contributed by atoms with van der Waals surface area (Å²) >= 11 is 0. The number of nitrogens with one attached hydrogen (secondary N) is 1. The molecule has 0 spiro atoms. The van der Waals surface area contributed by atoms with Gasteiger partial charge in [-0.25, -0.2) is 0 Å². The van der Waals surface area contributed by atoms with Crippen LogP contribution in [0, 0.1) is 0 Å². The first-order chi connectivity index (χ1) is 5.74. The summed E-state index contributed by atoms with van der Waals surface area (Å²) in [5, 5.41) is 3.23. The van der Waals surface area contributed by atoms with E-state index in [4.69, 9.17) is 0 Å². The number of rotatable bonds is 4. The Kier molecular flexibility index (Phi) is 6.16. The van der Waals surface area contributed by atoms with E-state index in [1.807, 2.05) is 19.9 Å². The number of hydrogen-bond acceptors (Lipinski definition) is 1. The van der Waals surface area contributed by atoms with Crippen molar-refractivity contribution in [3.8, 4) is 0 Å². The molecule has 68 valence electrons. The molecular formula is C11H19N. The van der Waals surface area contributed by atoms with Crippen LogP contribution in [0.4, 0.5) is 0 Å². The van der Waals surface area contributed by atoms with Gasteiger partial charge in [-0.3, -0.25) is 0 Å². The van der Waals surface area contributed by atoms with Gasteiger partial charge in [0.1, 0.15) is 0 Å². The van der Waals surface area contributed by atoms with Crippen LogP contribution < -0.4 is 5.32 Å². The van der Waals surface area contributed by atoms with Gasteiger partial charge in [0.15, 0.2) is 0 Å². The molecule has 0 heterocycles. The molecule has 0 radical (unpaired) electrons. The Morgan fingerprint density at radius 1 is 1.33 bits per heavy atom. The zero-order valence-corrected chi connectivity index (χ0v) is 8.52. The zero-order chi connectivity index (χ0) is 9.40. The van der Waals surface area contributed by atoms with Crippen molar-refractivity contribution < 1.29 is 0 Å². The van der Waals surface area contributed by atoms with Crippen molar-refractivity contribution in [2.45, 2.75) is 34.1 Å². The van der Waals surface area contributed by atoms with Crippen molar-refractivity contribution >= 4 is 0 Å². The number of hydrogen-bond donors (Lipinski definition) is 1. The van der Waals surface area contributed by atoms with Gasteiger partial charge in [0.2, 0.25) is 0 Å². The molecule has 0 rings (SSSR count). The molecule has 1 nitrogen and oxygen atoms in total. The SMILES string of the molecule is C/C=C\C(=C/C)N/C=C(/C)CC. The Bertz CT molecular complexity index is 197. The minimum atomic E-state index is 1.10. The maximum Gasteiger partial charge on any atom is 0.0333 e. The monoisotopic (exact) mass is 165 g/mol. The average molecular weight is 165 g/mol. The summed E-state index contributed by atoms with van der Waals surface area (Å²) in [4.78, 5) is 0. The van der Waals surface area contributed by atoms with Gasteiger partial charge in [-0.2, -0.15) is 0 Å². The first-order valence-electron chi connectivity index (χ1n) is 4.45. The van der Waals surface area contributed by atoms with Crippen molar-refractivity contribution in [2.75, 3.05) is 0 Å². The molecule has 0 atom stereocenters. The molecular weight excluding hydrogens is 146 g/mol. The standard InChI is InChI=1S/C11H19N/c1-5-8-11(7-3)12-9-10(4)6-2/h5,7-9,12H,6H2,1-4H3/b8-5-,10-9-,11-7+. The van der Waals surface area contributed by atoms with Crippen LogP contribution in [-0.4, -0.2) is 0 Å². The lowest BCUT2D eigenvalue weighted by Gasteiger charge is -2.01. The van der Waals surface area contributed by atoms with Crippen molar-refractivity contribution in [3.63, 3.8) is 0 Å². The summed E-state index contributed by atoms with van der Waals surface area (Å²) < 4.78 is 0. The van der Waals surface area contributed by atoms with Crippen LogP contribution in [0.1, 0.15) is 34.1 Å². The predicted molar refractivity (Wildman–Crippen MR) is 55.8 cm³/mol. The van der Waals surface area contributed by atoms with Crippen LogP contribution >= 0.6 is 0 Å². The van der Waals surface area contributed by atoms with Gasteiger partial charge in [0.05, 0.1) is 0 Å². The quantitative estimate of drug-likeness (QED) is 0.630. The van der Waals surface area contributed by atoms with Crippen molar-refractivity contribution in [3.05, 3.63) is 35.7 Å². The first-order valence-corrected chi connectivity index (χ1v) is 4.45. The summed E-state index contributed by atoms with van der Waals surface area (Å²) in [6.07, 6.45) is 9.28. The molecule has 0 aromatic carbocycles. The van der Waals surface area contributed by atoms with E-state index in [0.29, 0.717) is 0 Å². The average Bonchev–Trinajstić information content (AvgIpc) is 2.11. The van der Waals surface area contributed by atoms with Gasteiger partial charge in [0.25, 0.3) is 0 Å². The minimum Gasteiger partial charge on any atom is -0.362 e. The van der Waals surface area contributed by atoms with Gasteiger partial charge >= 0.3 is 0 Å². The largest absolute Gasteiger partial charge is 0.362 e. The van der Waals surface area contributed by atoms with Gasteiger partial charge in [-0.15, -0.1) is 0 Å². The summed E-state index contributed by atoms with van der Waals surface area (Å²) in [6.45, 7) is 8.31. The smallest absolute Gasteiger partial charge is 0.0333 e. The first kappa shape index (κ1) is 11.0. The minimum absolute atomic E-state index is 1.10. The third-order valence-electron chi connectivity index (χ3n) is 1.70. The van der Waals surface area contributed by atoms with Gasteiger partial charge in [0, 0.05) is 5.70 Å². The van der Waals surface area contributed by atoms with Crippen LogP contribution in [0.3, 0.4) is 0 Å². The molecule has 0 aromatic rings. The van der Waals surface area contributed by atoms with Crippen LogP contribution in [0.5, 0.6) is 0 Å². The maximum atomic E-state index is 3.23. The Morgan fingerprint density at radius 3 is 2.42 bits per heavy atom. The van der Waals surface area contributed by atoms with Crippen molar-refractivity contribution in [1.82, 2.24) is 5.32 Å². The van der Waals surface area contributed by atoms with Crippen LogP contribution in [0.2, 0.25) is 0 Å². The van der Waals surface area contributed by atoms with Crippen molar-refractivity contribution in [1.29, 1.82) is 0 Å². The van der Waals surface area contributed by atoms with E-state index in [9.17, 15) is 0 Å². The third-order valence-corrected chi connectivity index (χ3v) is 1.70. The van der Waals surface area contributed by atoms with E-state index in [1.165, 1.54) is 5.57 Å². The Hall–Kier alpha value is -0.980.